The van der Waals surface area contributed by atoms with Crippen LogP contribution in [0.15, 0.2) is 69.1 Å². The Morgan fingerprint density at radius 1 is 1.12 bits per heavy atom. The van der Waals surface area contributed by atoms with E-state index in [1.807, 2.05) is 0 Å². The van der Waals surface area contributed by atoms with Crippen molar-refractivity contribution in [2.24, 2.45) is 0 Å². The summed E-state index contributed by atoms with van der Waals surface area (Å²) in [5, 5.41) is 11.5. The van der Waals surface area contributed by atoms with E-state index in [1.165, 1.54) is 28.0 Å². The minimum absolute atomic E-state index is 0.0687. The number of furan rings is 1. The molecule has 1 aromatic heterocycles. The first-order valence-corrected chi connectivity index (χ1v) is 11.5. The molecule has 2 aromatic carbocycles. The van der Waals surface area contributed by atoms with Crippen molar-refractivity contribution >= 4 is 74.1 Å². The van der Waals surface area contributed by atoms with Gasteiger partial charge >= 0.3 is 0 Å². The standard InChI is InChI=1S/C23H15BrClN3O5S/c1-2-26-21(29)18(22(30)27(23(26)34)14-5-3-13(25)4-6-14)12-16-8-10-20(33-16)17-9-7-15(28(31)32)11-19(17)24/h3-12H,2H2,1H3/b18-12-. The molecule has 4 rings (SSSR count). The number of nitro groups is 1. The van der Waals surface area contributed by atoms with E-state index in [4.69, 9.17) is 28.2 Å². The second kappa shape index (κ2) is 9.49. The van der Waals surface area contributed by atoms with Crippen molar-refractivity contribution in [1.82, 2.24) is 4.90 Å². The number of benzene rings is 2. The molecule has 0 bridgehead atoms. The lowest BCUT2D eigenvalue weighted by Gasteiger charge is -2.35. The molecule has 172 valence electrons. The lowest BCUT2D eigenvalue weighted by atomic mass is 10.1. The number of likely N-dealkylation sites (N-methyl/N-ethyl adjacent to an activating group) is 1. The number of carbonyl (C=O) groups excluding carboxylic acids is 2. The number of rotatable bonds is 5. The van der Waals surface area contributed by atoms with E-state index >= 15 is 0 Å². The molecule has 1 fully saturated rings. The Labute approximate surface area is 212 Å². The van der Waals surface area contributed by atoms with E-state index in [9.17, 15) is 19.7 Å². The zero-order chi connectivity index (χ0) is 24.6. The Morgan fingerprint density at radius 3 is 2.44 bits per heavy atom. The van der Waals surface area contributed by atoms with Gasteiger partial charge in [0.15, 0.2) is 5.11 Å². The van der Waals surface area contributed by atoms with E-state index in [1.54, 1.807) is 49.4 Å². The van der Waals surface area contributed by atoms with Crippen LogP contribution in [0.5, 0.6) is 0 Å². The van der Waals surface area contributed by atoms with Gasteiger partial charge in [-0.05, 0) is 83.6 Å². The molecule has 1 saturated heterocycles. The average molecular weight is 561 g/mol. The van der Waals surface area contributed by atoms with Crippen LogP contribution < -0.4 is 4.90 Å². The van der Waals surface area contributed by atoms with E-state index in [2.05, 4.69) is 15.9 Å². The smallest absolute Gasteiger partial charge is 0.270 e. The number of halogens is 2. The third-order valence-electron chi connectivity index (χ3n) is 5.07. The third kappa shape index (κ3) is 4.39. The van der Waals surface area contributed by atoms with Crippen LogP contribution in [0.25, 0.3) is 17.4 Å². The van der Waals surface area contributed by atoms with Crippen molar-refractivity contribution in [3.05, 3.63) is 85.5 Å². The molecule has 2 heterocycles. The molecule has 0 aliphatic carbocycles. The zero-order valence-corrected chi connectivity index (χ0v) is 20.7. The third-order valence-corrected chi connectivity index (χ3v) is 6.39. The largest absolute Gasteiger partial charge is 0.457 e. The number of nitro benzene ring substituents is 1. The van der Waals surface area contributed by atoms with Crippen LogP contribution >= 0.6 is 39.7 Å². The highest BCUT2D eigenvalue weighted by Gasteiger charge is 2.39. The van der Waals surface area contributed by atoms with Crippen molar-refractivity contribution in [2.45, 2.75) is 6.92 Å². The van der Waals surface area contributed by atoms with Gasteiger partial charge in [-0.25, -0.2) is 0 Å². The van der Waals surface area contributed by atoms with Crippen LogP contribution in [0.3, 0.4) is 0 Å². The average Bonchev–Trinajstić information content (AvgIpc) is 3.26. The summed E-state index contributed by atoms with van der Waals surface area (Å²) in [6.07, 6.45) is 1.36. The van der Waals surface area contributed by atoms with Crippen molar-refractivity contribution in [2.75, 3.05) is 11.4 Å². The molecule has 0 spiro atoms. The molecule has 0 atom stereocenters. The van der Waals surface area contributed by atoms with Gasteiger partial charge in [-0.15, -0.1) is 0 Å². The molecule has 34 heavy (non-hydrogen) atoms. The number of thiocarbonyl (C=S) groups is 1. The lowest BCUT2D eigenvalue weighted by Crippen LogP contribution is -2.56. The zero-order valence-electron chi connectivity index (χ0n) is 17.5. The minimum Gasteiger partial charge on any atom is -0.457 e. The Bertz CT molecular complexity index is 1370. The van der Waals surface area contributed by atoms with Crippen molar-refractivity contribution in [3.63, 3.8) is 0 Å². The maximum atomic E-state index is 13.3. The summed E-state index contributed by atoms with van der Waals surface area (Å²) in [6.45, 7) is 2.03. The van der Waals surface area contributed by atoms with Crippen LogP contribution in [-0.2, 0) is 9.59 Å². The lowest BCUT2D eigenvalue weighted by molar-refractivity contribution is -0.384. The van der Waals surface area contributed by atoms with Gasteiger partial charge in [0.1, 0.15) is 17.1 Å². The summed E-state index contributed by atoms with van der Waals surface area (Å²) in [6, 6.07) is 14.1. The fourth-order valence-electron chi connectivity index (χ4n) is 3.41. The number of hydrogen-bond acceptors (Lipinski definition) is 6. The van der Waals surface area contributed by atoms with E-state index in [-0.39, 0.29) is 28.7 Å². The van der Waals surface area contributed by atoms with Gasteiger partial charge in [0.2, 0.25) is 0 Å². The first kappa shape index (κ1) is 23.8. The molecule has 3 aromatic rings. The van der Waals surface area contributed by atoms with Crippen molar-refractivity contribution < 1.29 is 18.9 Å². The highest BCUT2D eigenvalue weighted by atomic mass is 79.9. The Morgan fingerprint density at radius 2 is 1.82 bits per heavy atom. The summed E-state index contributed by atoms with van der Waals surface area (Å²) in [4.78, 5) is 39.4. The fraction of sp³-hybridized carbons (Fsp3) is 0.0870. The molecule has 1 aliphatic rings. The molecule has 8 nitrogen and oxygen atoms in total. The van der Waals surface area contributed by atoms with Gasteiger partial charge in [0.05, 0.1) is 10.6 Å². The predicted octanol–water partition coefficient (Wildman–Crippen LogP) is 5.83. The van der Waals surface area contributed by atoms with Crippen molar-refractivity contribution in [3.8, 4) is 11.3 Å². The Kier molecular flexibility index (Phi) is 6.65. The fourth-order valence-corrected chi connectivity index (χ4v) is 4.50. The molecular formula is C23H15BrClN3O5S. The molecule has 1 aliphatic heterocycles. The second-order valence-corrected chi connectivity index (χ2v) is 8.79. The Hall–Kier alpha value is -3.34. The monoisotopic (exact) mass is 559 g/mol. The normalized spacial score (nSPS) is 15.4. The summed E-state index contributed by atoms with van der Waals surface area (Å²) in [7, 11) is 0. The predicted molar refractivity (Wildman–Crippen MR) is 135 cm³/mol. The molecule has 0 unspecified atom stereocenters. The number of carbonyl (C=O) groups is 2. The number of hydrogen-bond donors (Lipinski definition) is 0. The quantitative estimate of drug-likeness (QED) is 0.128. The second-order valence-electron chi connectivity index (χ2n) is 7.13. The van der Waals surface area contributed by atoms with Gasteiger partial charge in [-0.2, -0.15) is 0 Å². The van der Waals surface area contributed by atoms with E-state index in [0.717, 1.165) is 0 Å². The minimum atomic E-state index is -0.587. The van der Waals surface area contributed by atoms with Gasteiger partial charge < -0.3 is 4.42 Å². The molecule has 0 saturated carbocycles. The highest BCUT2D eigenvalue weighted by molar-refractivity contribution is 9.10. The van der Waals surface area contributed by atoms with Crippen LogP contribution in [-0.4, -0.2) is 33.3 Å². The van der Waals surface area contributed by atoms with Gasteiger partial charge in [0.25, 0.3) is 17.5 Å². The van der Waals surface area contributed by atoms with E-state index in [0.29, 0.717) is 26.5 Å². The van der Waals surface area contributed by atoms with E-state index < -0.39 is 16.7 Å². The summed E-state index contributed by atoms with van der Waals surface area (Å²) >= 11 is 14.7. The summed E-state index contributed by atoms with van der Waals surface area (Å²) < 4.78 is 6.30. The van der Waals surface area contributed by atoms with Crippen LogP contribution in [0.1, 0.15) is 12.7 Å². The van der Waals surface area contributed by atoms with Gasteiger partial charge in [0, 0.05) is 33.7 Å². The summed E-state index contributed by atoms with van der Waals surface area (Å²) in [5.41, 5.74) is 0.872. The van der Waals surface area contributed by atoms with Crippen LogP contribution in [0, 0.1) is 10.1 Å². The highest BCUT2D eigenvalue weighted by Crippen LogP contribution is 2.34. The maximum absolute atomic E-state index is 13.3. The summed E-state index contributed by atoms with van der Waals surface area (Å²) in [5.74, 6) is -0.452. The first-order valence-electron chi connectivity index (χ1n) is 9.93. The number of nitrogens with zero attached hydrogens (tertiary/aromatic N) is 3. The first-order chi connectivity index (χ1) is 16.2. The molecule has 2 amide bonds. The van der Waals surface area contributed by atoms with Crippen molar-refractivity contribution in [1.29, 1.82) is 0 Å². The molecular weight excluding hydrogens is 546 g/mol. The van der Waals surface area contributed by atoms with Crippen LogP contribution in [0.2, 0.25) is 5.02 Å². The van der Waals surface area contributed by atoms with Gasteiger partial charge in [-0.1, -0.05) is 11.6 Å². The number of non-ortho nitro benzene ring substituents is 1. The van der Waals surface area contributed by atoms with Crippen LogP contribution in [0.4, 0.5) is 11.4 Å². The maximum Gasteiger partial charge on any atom is 0.270 e. The number of anilines is 1. The molecule has 0 radical (unpaired) electrons. The van der Waals surface area contributed by atoms with Gasteiger partial charge in [-0.3, -0.25) is 29.5 Å². The molecule has 11 heteroatoms. The SMILES string of the molecule is CCN1C(=O)/C(=C/c2ccc(-c3ccc([N+](=O)[O-])cc3Br)o2)C(=O)N(c2ccc(Cl)cc2)C1=S. The topological polar surface area (TPSA) is 96.9 Å². The molecule has 0 N–H and O–H groups in total. The number of amides is 2. The Balaban J connectivity index is 1.72.